The molecule has 46 valence electrons. The Hall–Kier alpha value is 0.250. The fraction of sp³-hybridized carbons (Fsp3) is 1.00. The summed E-state index contributed by atoms with van der Waals surface area (Å²) >= 11 is 0. The van der Waals surface area contributed by atoms with E-state index in [4.69, 9.17) is 15.2 Å². The lowest BCUT2D eigenvalue weighted by Gasteiger charge is -1.96. The molecule has 0 aromatic heterocycles. The minimum Gasteiger partial charge on any atom is -0.330 e. The average molecular weight is 135 g/mol. The van der Waals surface area contributed by atoms with Crippen LogP contribution in [0.25, 0.3) is 0 Å². The third kappa shape index (κ3) is 10.7. The van der Waals surface area contributed by atoms with Crippen molar-refractivity contribution in [3.63, 3.8) is 0 Å². The van der Waals surface area contributed by atoms with E-state index in [1.54, 1.807) is 0 Å². The zero-order chi connectivity index (χ0) is 14.3. The van der Waals surface area contributed by atoms with E-state index in [1.807, 2.05) is 0 Å². The van der Waals surface area contributed by atoms with E-state index in [-0.39, 0.29) is 12.4 Å². The standard InChI is InChI=1S/C5H13N.ClH/c1-5(2)3-4-6;/h5H,3-4,6H2,1-2H3;1H/i1D,2D3,3D2,4D2,5D;/hD2. The molecule has 0 saturated heterocycles. The van der Waals surface area contributed by atoms with Crippen LogP contribution in [0.2, 0.25) is 2.82 Å². The van der Waals surface area contributed by atoms with Gasteiger partial charge in [-0.2, -0.15) is 0 Å². The highest BCUT2D eigenvalue weighted by Crippen LogP contribution is 1.93. The van der Waals surface area contributed by atoms with Crippen LogP contribution < -0.4 is 5.72 Å². The zero-order valence-electron chi connectivity index (χ0n) is 14.6. The molecule has 0 aliphatic carbocycles. The van der Waals surface area contributed by atoms with Gasteiger partial charge >= 0.3 is 0 Å². The second-order valence-electron chi connectivity index (χ2n) is 0.715. The van der Waals surface area contributed by atoms with Crippen molar-refractivity contribution in [1.82, 2.24) is 0 Å². The molecule has 1 unspecified atom stereocenters. The Morgan fingerprint density at radius 2 is 3.14 bits per heavy atom. The molecule has 0 saturated carbocycles. The van der Waals surface area contributed by atoms with Crippen LogP contribution in [0.1, 0.15) is 32.5 Å². The Morgan fingerprint density at radius 1 is 2.29 bits per heavy atom. The molecule has 0 amide bonds. The third-order valence-electron chi connectivity index (χ3n) is 0.207. The number of nitrogens with two attached hydrogens (primary N) is 1. The van der Waals surface area contributed by atoms with Gasteiger partial charge in [0.05, 0.1) is 0 Å². The lowest BCUT2D eigenvalue weighted by molar-refractivity contribution is 0.596. The highest BCUT2D eigenvalue weighted by molar-refractivity contribution is 5.85. The molecule has 0 rings (SSSR count). The van der Waals surface area contributed by atoms with Crippen LogP contribution in [0.5, 0.6) is 0 Å². The van der Waals surface area contributed by atoms with Gasteiger partial charge in [-0.15, -0.1) is 12.4 Å². The second kappa shape index (κ2) is 6.25. The molecular formula is C5H14ClN. The fourth-order valence-corrected chi connectivity index (χ4v) is 0.0675. The molecule has 0 aromatic rings. The molecule has 0 fully saturated rings. The molecule has 2 heteroatoms. The number of rotatable bonds is 3. The second-order valence-corrected chi connectivity index (χ2v) is 0.715. The summed E-state index contributed by atoms with van der Waals surface area (Å²) in [6.07, 6.45) is -3.39. The van der Waals surface area contributed by atoms with Crippen LogP contribution in [0.3, 0.4) is 0 Å². The largest absolute Gasteiger partial charge is 0.330 e. The normalized spacial score (nSPS) is 46.1. The molecule has 0 radical (unpaired) electrons. The molecule has 1 nitrogen and oxygen atoms in total. The smallest absolute Gasteiger partial charge is 0.118 e. The van der Waals surface area contributed by atoms with Crippen LogP contribution in [0.4, 0.5) is 0 Å². The molecule has 0 aliphatic rings. The van der Waals surface area contributed by atoms with Crippen molar-refractivity contribution in [2.24, 2.45) is 11.6 Å². The van der Waals surface area contributed by atoms with Crippen molar-refractivity contribution in [3.05, 3.63) is 0 Å². The fourth-order valence-electron chi connectivity index (χ4n) is 0.0675. The molecule has 0 aromatic carbocycles. The van der Waals surface area contributed by atoms with Gasteiger partial charge in [-0.05, 0) is 18.8 Å². The molecule has 0 bridgehead atoms. The van der Waals surface area contributed by atoms with E-state index < -0.39 is 38.2 Å². The number of hydrogen-bond donors (Lipinski definition) is 1. The van der Waals surface area contributed by atoms with E-state index in [2.05, 4.69) is 0 Å². The first kappa shape index (κ1) is 1.07. The summed E-state index contributed by atoms with van der Waals surface area (Å²) in [6, 6.07) is 0. The highest BCUT2D eigenvalue weighted by Gasteiger charge is 1.85. The van der Waals surface area contributed by atoms with Gasteiger partial charge in [0.15, 0.2) is 0 Å². The molecule has 2 N–H and O–H groups in total. The minimum absolute atomic E-state index is 0. The van der Waals surface area contributed by atoms with Crippen molar-refractivity contribution in [2.45, 2.75) is 20.1 Å². The molecular weight excluding hydrogens is 110 g/mol. The van der Waals surface area contributed by atoms with E-state index >= 15 is 0 Å². The van der Waals surface area contributed by atoms with E-state index in [0.717, 1.165) is 0 Å². The van der Waals surface area contributed by atoms with Crippen molar-refractivity contribution in [2.75, 3.05) is 6.50 Å². The third-order valence-corrected chi connectivity index (χ3v) is 0.207. The summed E-state index contributed by atoms with van der Waals surface area (Å²) in [5, 5.41) is 0. The zero-order valence-corrected chi connectivity index (χ0v) is 4.38. The summed E-state index contributed by atoms with van der Waals surface area (Å²) in [7, 11) is 0. The van der Waals surface area contributed by atoms with Gasteiger partial charge in [-0.3, -0.25) is 0 Å². The van der Waals surface area contributed by atoms with Crippen LogP contribution in [-0.2, 0) is 0 Å². The maximum Gasteiger partial charge on any atom is 0.118 e. The monoisotopic (exact) mass is 134 g/mol. The van der Waals surface area contributed by atoms with Crippen LogP contribution in [-0.4, -0.2) is 6.50 Å². The van der Waals surface area contributed by atoms with Crippen LogP contribution in [0.15, 0.2) is 0 Å². The van der Waals surface area contributed by atoms with Gasteiger partial charge in [0, 0.05) is 12.3 Å². The minimum atomic E-state index is -3.39. The SMILES string of the molecule is Cl.[2H]CC([2H])(C([2H])([2H])[2H])C([2H])([2H])C([2H])([2H])N([2H])[2H]. The van der Waals surface area contributed by atoms with Gasteiger partial charge < -0.3 is 5.72 Å². The topological polar surface area (TPSA) is 26.0 Å². The molecule has 7 heavy (non-hydrogen) atoms. The van der Waals surface area contributed by atoms with E-state index in [9.17, 15) is 0 Å². The summed E-state index contributed by atoms with van der Waals surface area (Å²) in [6.45, 7) is -7.80. The summed E-state index contributed by atoms with van der Waals surface area (Å²) in [5.74, 6) is -3.07. The Balaban J connectivity index is 0. The van der Waals surface area contributed by atoms with Crippen LogP contribution in [0, 0.1) is 5.89 Å². The summed E-state index contributed by atoms with van der Waals surface area (Å²) < 4.78 is 78.4. The Labute approximate surface area is 67.3 Å². The van der Waals surface area contributed by atoms with Gasteiger partial charge in [0.25, 0.3) is 0 Å². The van der Waals surface area contributed by atoms with Gasteiger partial charge in [-0.25, -0.2) is 0 Å². The Morgan fingerprint density at radius 3 is 3.57 bits per heavy atom. The number of hydrogen-bond acceptors (Lipinski definition) is 1. The first-order chi connectivity index (χ1) is 7.25. The summed E-state index contributed by atoms with van der Waals surface area (Å²) in [5.41, 5.74) is -0.627. The first-order valence-electron chi connectivity index (χ1n) is 6.93. The lowest BCUT2D eigenvalue weighted by Crippen LogP contribution is -2.01. The predicted molar refractivity (Wildman–Crippen MR) is 35.8 cm³/mol. The van der Waals surface area contributed by atoms with Crippen LogP contribution >= 0.6 is 12.4 Å². The average Bonchev–Trinajstić information content (AvgIpc) is 2.13. The quantitative estimate of drug-likeness (QED) is 0.621. The number of halogens is 1. The van der Waals surface area contributed by atoms with E-state index in [0.29, 0.717) is 0 Å². The predicted octanol–water partition coefficient (Wildman–Crippen LogP) is 1.41. The Bertz CT molecular complexity index is 275. The van der Waals surface area contributed by atoms with Gasteiger partial charge in [-0.1, -0.05) is 13.8 Å². The molecule has 1 atom stereocenters. The van der Waals surface area contributed by atoms with Gasteiger partial charge in [0.1, 0.15) is 2.82 Å². The Kier molecular flexibility index (Phi) is 0.958. The van der Waals surface area contributed by atoms with Crippen molar-refractivity contribution >= 4 is 12.4 Å². The van der Waals surface area contributed by atoms with Crippen molar-refractivity contribution < 1.29 is 15.2 Å². The molecule has 0 aliphatic heterocycles. The van der Waals surface area contributed by atoms with Crippen molar-refractivity contribution in [1.29, 1.82) is 0 Å². The van der Waals surface area contributed by atoms with Crippen molar-refractivity contribution in [3.8, 4) is 0 Å². The maximum atomic E-state index is 7.51. The summed E-state index contributed by atoms with van der Waals surface area (Å²) in [4.78, 5) is 0. The van der Waals surface area contributed by atoms with E-state index in [1.165, 1.54) is 0 Å². The highest BCUT2D eigenvalue weighted by atomic mass is 35.5. The maximum absolute atomic E-state index is 7.51. The molecule has 0 heterocycles. The lowest BCUT2D eigenvalue weighted by atomic mass is 10.1. The first-order valence-corrected chi connectivity index (χ1v) is 1.33. The van der Waals surface area contributed by atoms with Gasteiger partial charge in [0.2, 0.25) is 0 Å². The molecule has 0 spiro atoms.